The highest BCUT2D eigenvalue weighted by molar-refractivity contribution is 6.33. The molecule has 0 amide bonds. The lowest BCUT2D eigenvalue weighted by molar-refractivity contribution is -0.136. The van der Waals surface area contributed by atoms with Crippen LogP contribution in [-0.4, -0.2) is 20.5 Å². The highest BCUT2D eigenvalue weighted by Crippen LogP contribution is 2.23. The monoisotopic (exact) mass is 239 g/mol. The first-order valence-corrected chi connectivity index (χ1v) is 5.01. The number of carboxylic acid groups (broad SMARTS) is 1. The van der Waals surface area contributed by atoms with Crippen LogP contribution in [0.25, 0.3) is 5.65 Å². The SMILES string of the molecule is Cc1cc(Cl)c2nc(CC(=O)O)c(N)n2c1. The largest absolute Gasteiger partial charge is 0.481 e. The van der Waals surface area contributed by atoms with Gasteiger partial charge in [0.2, 0.25) is 0 Å². The number of hydrogen-bond acceptors (Lipinski definition) is 3. The zero-order chi connectivity index (χ0) is 11.9. The van der Waals surface area contributed by atoms with E-state index in [4.69, 9.17) is 22.4 Å². The van der Waals surface area contributed by atoms with Crippen molar-refractivity contribution in [2.24, 2.45) is 0 Å². The molecule has 5 nitrogen and oxygen atoms in total. The third-order valence-corrected chi connectivity index (χ3v) is 2.52. The van der Waals surface area contributed by atoms with Gasteiger partial charge in [0, 0.05) is 6.20 Å². The molecule has 3 N–H and O–H groups in total. The third-order valence-electron chi connectivity index (χ3n) is 2.24. The number of aromatic nitrogens is 2. The molecule has 2 aromatic heterocycles. The van der Waals surface area contributed by atoms with Gasteiger partial charge in [0.15, 0.2) is 5.65 Å². The fourth-order valence-corrected chi connectivity index (χ4v) is 1.88. The Balaban J connectivity index is 2.67. The summed E-state index contributed by atoms with van der Waals surface area (Å²) >= 11 is 6.00. The zero-order valence-electron chi connectivity index (χ0n) is 8.57. The predicted molar refractivity (Wildman–Crippen MR) is 60.7 cm³/mol. The Morgan fingerprint density at radius 3 is 3.00 bits per heavy atom. The summed E-state index contributed by atoms with van der Waals surface area (Å²) in [5.41, 5.74) is 7.56. The highest BCUT2D eigenvalue weighted by Gasteiger charge is 2.14. The van der Waals surface area contributed by atoms with Crippen LogP contribution in [0.2, 0.25) is 5.02 Å². The van der Waals surface area contributed by atoms with Crippen LogP contribution in [0.3, 0.4) is 0 Å². The quantitative estimate of drug-likeness (QED) is 0.832. The Kier molecular flexibility index (Phi) is 2.47. The molecule has 0 aromatic carbocycles. The van der Waals surface area contributed by atoms with Crippen molar-refractivity contribution in [1.82, 2.24) is 9.38 Å². The smallest absolute Gasteiger partial charge is 0.309 e. The van der Waals surface area contributed by atoms with E-state index in [1.807, 2.05) is 6.92 Å². The molecular weight excluding hydrogens is 230 g/mol. The molecule has 2 rings (SSSR count). The molecular formula is C10H10ClN3O2. The number of rotatable bonds is 2. The number of imidazole rings is 1. The second-order valence-corrected chi connectivity index (χ2v) is 3.98. The number of pyridine rings is 1. The number of anilines is 1. The summed E-state index contributed by atoms with van der Waals surface area (Å²) < 4.78 is 1.61. The van der Waals surface area contributed by atoms with Crippen LogP contribution in [0, 0.1) is 6.92 Å². The summed E-state index contributed by atoms with van der Waals surface area (Å²) in [6.07, 6.45) is 1.57. The maximum Gasteiger partial charge on any atom is 0.309 e. The lowest BCUT2D eigenvalue weighted by Crippen LogP contribution is -2.04. The van der Waals surface area contributed by atoms with Crippen LogP contribution in [0.1, 0.15) is 11.3 Å². The molecule has 0 aliphatic carbocycles. The summed E-state index contributed by atoms with van der Waals surface area (Å²) in [5.74, 6) is -0.647. The normalized spacial score (nSPS) is 10.9. The number of hydrogen-bond donors (Lipinski definition) is 2. The van der Waals surface area contributed by atoms with Gasteiger partial charge in [0.1, 0.15) is 5.82 Å². The number of nitrogen functional groups attached to an aromatic ring is 1. The Morgan fingerprint density at radius 1 is 1.69 bits per heavy atom. The van der Waals surface area contributed by atoms with E-state index in [9.17, 15) is 4.79 Å². The summed E-state index contributed by atoms with van der Waals surface area (Å²) in [7, 11) is 0. The second kappa shape index (κ2) is 3.68. The van der Waals surface area contributed by atoms with Gasteiger partial charge in [-0.05, 0) is 18.6 Å². The van der Waals surface area contributed by atoms with E-state index in [1.165, 1.54) is 0 Å². The standard InChI is InChI=1S/C10H10ClN3O2/c1-5-2-6(11)10-13-7(3-8(15)16)9(12)14(10)4-5/h2,4H,3,12H2,1H3,(H,15,16). The highest BCUT2D eigenvalue weighted by atomic mass is 35.5. The molecule has 16 heavy (non-hydrogen) atoms. The number of halogens is 1. The molecule has 0 saturated carbocycles. The Labute approximate surface area is 96.5 Å². The van der Waals surface area contributed by atoms with Gasteiger partial charge >= 0.3 is 5.97 Å². The maximum atomic E-state index is 10.6. The summed E-state index contributed by atoms with van der Waals surface area (Å²) in [4.78, 5) is 14.7. The number of nitrogens with zero attached hydrogens (tertiary/aromatic N) is 2. The third kappa shape index (κ3) is 1.69. The van der Waals surface area contributed by atoms with Gasteiger partial charge in [-0.1, -0.05) is 11.6 Å². The van der Waals surface area contributed by atoms with Gasteiger partial charge in [-0.25, -0.2) is 4.98 Å². The van der Waals surface area contributed by atoms with E-state index < -0.39 is 5.97 Å². The fourth-order valence-electron chi connectivity index (χ4n) is 1.57. The molecule has 0 saturated heterocycles. The van der Waals surface area contributed by atoms with Crippen molar-refractivity contribution in [3.05, 3.63) is 28.5 Å². The molecule has 0 aliphatic heterocycles. The number of aliphatic carboxylic acids is 1. The first-order chi connectivity index (χ1) is 7.49. The van der Waals surface area contributed by atoms with Gasteiger partial charge in [-0.3, -0.25) is 9.20 Å². The van der Waals surface area contributed by atoms with E-state index in [-0.39, 0.29) is 6.42 Å². The summed E-state index contributed by atoms with van der Waals surface area (Å²) in [6.45, 7) is 1.88. The minimum Gasteiger partial charge on any atom is -0.481 e. The molecule has 0 aliphatic rings. The van der Waals surface area contributed by atoms with E-state index >= 15 is 0 Å². The van der Waals surface area contributed by atoms with Crippen LogP contribution >= 0.6 is 11.6 Å². The van der Waals surface area contributed by atoms with Crippen molar-refractivity contribution in [1.29, 1.82) is 0 Å². The molecule has 0 unspecified atom stereocenters. The van der Waals surface area contributed by atoms with Gasteiger partial charge < -0.3 is 10.8 Å². The molecule has 84 valence electrons. The van der Waals surface area contributed by atoms with Crippen LogP contribution in [0.15, 0.2) is 12.3 Å². The van der Waals surface area contributed by atoms with E-state index in [2.05, 4.69) is 4.98 Å². The molecule has 0 fully saturated rings. The molecule has 0 atom stereocenters. The van der Waals surface area contributed by atoms with E-state index in [1.54, 1.807) is 16.7 Å². The van der Waals surface area contributed by atoms with Crippen molar-refractivity contribution < 1.29 is 9.90 Å². The van der Waals surface area contributed by atoms with Crippen LogP contribution in [-0.2, 0) is 11.2 Å². The fraction of sp³-hybridized carbons (Fsp3) is 0.200. The van der Waals surface area contributed by atoms with Gasteiger partial charge in [-0.15, -0.1) is 0 Å². The minimum absolute atomic E-state index is 0.205. The average Bonchev–Trinajstić information content (AvgIpc) is 2.45. The van der Waals surface area contributed by atoms with Crippen molar-refractivity contribution in [2.75, 3.05) is 5.73 Å². The lowest BCUT2D eigenvalue weighted by atomic mass is 10.3. The summed E-state index contributed by atoms with van der Waals surface area (Å²) in [5, 5.41) is 9.16. The van der Waals surface area contributed by atoms with Crippen molar-refractivity contribution >= 4 is 29.0 Å². The first kappa shape index (κ1) is 10.8. The molecule has 0 spiro atoms. The number of carboxylic acids is 1. The molecule has 2 heterocycles. The Bertz CT molecular complexity index is 577. The Morgan fingerprint density at radius 2 is 2.38 bits per heavy atom. The Hall–Kier alpha value is -1.75. The zero-order valence-corrected chi connectivity index (χ0v) is 9.32. The molecule has 0 radical (unpaired) electrons. The number of fused-ring (bicyclic) bond motifs is 1. The molecule has 2 aromatic rings. The predicted octanol–water partition coefficient (Wildman–Crippen LogP) is 1.51. The maximum absolute atomic E-state index is 10.6. The number of nitrogens with two attached hydrogens (primary N) is 1. The summed E-state index contributed by atoms with van der Waals surface area (Å²) in [6, 6.07) is 1.76. The van der Waals surface area contributed by atoms with Crippen molar-refractivity contribution in [3.63, 3.8) is 0 Å². The van der Waals surface area contributed by atoms with Gasteiger partial charge in [0.05, 0.1) is 17.1 Å². The van der Waals surface area contributed by atoms with Gasteiger partial charge in [0.25, 0.3) is 0 Å². The minimum atomic E-state index is -0.969. The van der Waals surface area contributed by atoms with Crippen molar-refractivity contribution in [3.8, 4) is 0 Å². The first-order valence-electron chi connectivity index (χ1n) is 4.63. The number of carbonyl (C=O) groups is 1. The number of aryl methyl sites for hydroxylation is 1. The van der Waals surface area contributed by atoms with Gasteiger partial charge in [-0.2, -0.15) is 0 Å². The topological polar surface area (TPSA) is 80.6 Å². The second-order valence-electron chi connectivity index (χ2n) is 3.57. The van der Waals surface area contributed by atoms with Crippen LogP contribution in [0.5, 0.6) is 0 Å². The van der Waals surface area contributed by atoms with E-state index in [0.29, 0.717) is 22.2 Å². The van der Waals surface area contributed by atoms with E-state index in [0.717, 1.165) is 5.56 Å². The molecule has 6 heteroatoms. The average molecular weight is 240 g/mol. The van der Waals surface area contributed by atoms with Crippen molar-refractivity contribution in [2.45, 2.75) is 13.3 Å². The molecule has 0 bridgehead atoms. The van der Waals surface area contributed by atoms with Crippen LogP contribution in [0.4, 0.5) is 5.82 Å². The lowest BCUT2D eigenvalue weighted by Gasteiger charge is -2.00. The van der Waals surface area contributed by atoms with Crippen LogP contribution < -0.4 is 5.73 Å².